The van der Waals surface area contributed by atoms with Gasteiger partial charge in [-0.05, 0) is 11.1 Å². The Labute approximate surface area is 112 Å². The van der Waals surface area contributed by atoms with Gasteiger partial charge in [0.2, 0.25) is 0 Å². The van der Waals surface area contributed by atoms with Gasteiger partial charge >= 0.3 is 11.9 Å². The van der Waals surface area contributed by atoms with E-state index in [0.29, 0.717) is 0 Å². The molecule has 5 heteroatoms. The molecule has 1 aromatic rings. The standard InChI is InChI=1S/C14H18O5/c1-10(14(17)18-2)7-13(16)19-9-12-5-3-11(8-15)4-6-12/h3-6,10,15H,7-9H2,1-2H3. The van der Waals surface area contributed by atoms with Crippen molar-refractivity contribution in [3.8, 4) is 0 Å². The summed E-state index contributed by atoms with van der Waals surface area (Å²) in [5, 5.41) is 8.89. The van der Waals surface area contributed by atoms with Crippen molar-refractivity contribution < 1.29 is 24.2 Å². The molecule has 0 heterocycles. The predicted molar refractivity (Wildman–Crippen MR) is 68.0 cm³/mol. The minimum Gasteiger partial charge on any atom is -0.469 e. The number of carbonyl (C=O) groups excluding carboxylic acids is 2. The number of rotatable bonds is 6. The molecule has 0 saturated carbocycles. The van der Waals surface area contributed by atoms with E-state index in [-0.39, 0.29) is 19.6 Å². The molecule has 0 spiro atoms. The smallest absolute Gasteiger partial charge is 0.308 e. The van der Waals surface area contributed by atoms with Crippen molar-refractivity contribution in [3.05, 3.63) is 35.4 Å². The molecule has 0 aliphatic carbocycles. The third-order valence-corrected chi connectivity index (χ3v) is 2.68. The highest BCUT2D eigenvalue weighted by Crippen LogP contribution is 2.09. The van der Waals surface area contributed by atoms with Crippen molar-refractivity contribution in [2.24, 2.45) is 5.92 Å². The van der Waals surface area contributed by atoms with Crippen LogP contribution in [-0.2, 0) is 32.3 Å². The number of ether oxygens (including phenoxy) is 2. The Morgan fingerprint density at radius 3 is 2.32 bits per heavy atom. The summed E-state index contributed by atoms with van der Waals surface area (Å²) in [6.07, 6.45) is 0.00139. The summed E-state index contributed by atoms with van der Waals surface area (Å²) in [5.74, 6) is -1.37. The largest absolute Gasteiger partial charge is 0.469 e. The van der Waals surface area contributed by atoms with Crippen molar-refractivity contribution in [2.75, 3.05) is 7.11 Å². The van der Waals surface area contributed by atoms with Gasteiger partial charge in [0, 0.05) is 0 Å². The van der Waals surface area contributed by atoms with Crippen LogP contribution in [0, 0.1) is 5.92 Å². The molecular formula is C14H18O5. The maximum absolute atomic E-state index is 11.5. The summed E-state index contributed by atoms with van der Waals surface area (Å²) in [6, 6.07) is 7.09. The van der Waals surface area contributed by atoms with Crippen molar-refractivity contribution in [1.82, 2.24) is 0 Å². The molecule has 0 aromatic heterocycles. The number of esters is 2. The average Bonchev–Trinajstić information content (AvgIpc) is 2.44. The molecule has 1 unspecified atom stereocenters. The molecule has 0 aliphatic rings. The van der Waals surface area contributed by atoms with Crippen molar-refractivity contribution in [2.45, 2.75) is 26.6 Å². The summed E-state index contributed by atoms with van der Waals surface area (Å²) >= 11 is 0. The fourth-order valence-corrected chi connectivity index (χ4v) is 1.50. The Hall–Kier alpha value is -1.88. The Morgan fingerprint density at radius 2 is 1.79 bits per heavy atom. The summed E-state index contributed by atoms with van der Waals surface area (Å²) in [4.78, 5) is 22.6. The van der Waals surface area contributed by atoms with Gasteiger partial charge in [0.1, 0.15) is 6.61 Å². The maximum Gasteiger partial charge on any atom is 0.308 e. The number of aliphatic hydroxyl groups excluding tert-OH is 1. The first-order valence-electron chi connectivity index (χ1n) is 5.99. The van der Waals surface area contributed by atoms with E-state index in [0.717, 1.165) is 11.1 Å². The number of carbonyl (C=O) groups is 2. The molecule has 104 valence electrons. The molecule has 1 aromatic carbocycles. The van der Waals surface area contributed by atoms with Crippen molar-refractivity contribution in [3.63, 3.8) is 0 Å². The van der Waals surface area contributed by atoms with E-state index in [1.54, 1.807) is 31.2 Å². The monoisotopic (exact) mass is 266 g/mol. The highest BCUT2D eigenvalue weighted by Gasteiger charge is 2.18. The second kappa shape index (κ2) is 7.53. The highest BCUT2D eigenvalue weighted by molar-refractivity contribution is 5.79. The summed E-state index contributed by atoms with van der Waals surface area (Å²) in [7, 11) is 1.28. The van der Waals surface area contributed by atoms with E-state index in [4.69, 9.17) is 9.84 Å². The molecule has 1 rings (SSSR count). The van der Waals surface area contributed by atoms with Gasteiger partial charge in [-0.3, -0.25) is 9.59 Å². The molecule has 1 N–H and O–H groups in total. The molecule has 0 aliphatic heterocycles. The molecule has 1 atom stereocenters. The lowest BCUT2D eigenvalue weighted by Crippen LogP contribution is -2.18. The van der Waals surface area contributed by atoms with Gasteiger partial charge in [-0.1, -0.05) is 31.2 Å². The fourth-order valence-electron chi connectivity index (χ4n) is 1.50. The third kappa shape index (κ3) is 5.09. The zero-order valence-corrected chi connectivity index (χ0v) is 11.1. The van der Waals surface area contributed by atoms with Crippen LogP contribution in [0.3, 0.4) is 0 Å². The maximum atomic E-state index is 11.5. The lowest BCUT2D eigenvalue weighted by Gasteiger charge is -2.09. The van der Waals surface area contributed by atoms with E-state index in [1.807, 2.05) is 0 Å². The van der Waals surface area contributed by atoms with Gasteiger partial charge in [-0.15, -0.1) is 0 Å². The average molecular weight is 266 g/mol. The van der Waals surface area contributed by atoms with E-state index in [9.17, 15) is 9.59 Å². The fraction of sp³-hybridized carbons (Fsp3) is 0.429. The van der Waals surface area contributed by atoms with E-state index in [1.165, 1.54) is 7.11 Å². The van der Waals surface area contributed by atoms with Crippen LogP contribution in [-0.4, -0.2) is 24.2 Å². The van der Waals surface area contributed by atoms with Gasteiger partial charge < -0.3 is 14.6 Å². The van der Waals surface area contributed by atoms with E-state index in [2.05, 4.69) is 4.74 Å². The van der Waals surface area contributed by atoms with Crippen LogP contribution >= 0.6 is 0 Å². The van der Waals surface area contributed by atoms with Crippen LogP contribution in [0.5, 0.6) is 0 Å². The SMILES string of the molecule is COC(=O)C(C)CC(=O)OCc1ccc(CO)cc1. The molecule has 0 amide bonds. The minimum atomic E-state index is -0.505. The summed E-state index contributed by atoms with van der Waals surface area (Å²) < 4.78 is 9.59. The Kier molecular flexibility index (Phi) is 6.02. The molecule has 0 saturated heterocycles. The van der Waals surface area contributed by atoms with E-state index < -0.39 is 17.9 Å². The Balaban J connectivity index is 2.39. The van der Waals surface area contributed by atoms with Gasteiger partial charge in [-0.25, -0.2) is 0 Å². The number of hydrogen-bond donors (Lipinski definition) is 1. The second-order valence-corrected chi connectivity index (χ2v) is 4.26. The first-order chi connectivity index (χ1) is 9.06. The Morgan fingerprint density at radius 1 is 1.21 bits per heavy atom. The summed E-state index contributed by atoms with van der Waals surface area (Å²) in [5.41, 5.74) is 1.63. The molecule has 0 radical (unpaired) electrons. The van der Waals surface area contributed by atoms with Crippen LogP contribution < -0.4 is 0 Å². The molecule has 0 bridgehead atoms. The zero-order chi connectivity index (χ0) is 14.3. The first-order valence-corrected chi connectivity index (χ1v) is 5.99. The number of benzene rings is 1. The molecule has 5 nitrogen and oxygen atoms in total. The number of aliphatic hydroxyl groups is 1. The van der Waals surface area contributed by atoms with Gasteiger partial charge in [0.15, 0.2) is 0 Å². The van der Waals surface area contributed by atoms with Crippen LogP contribution in [0.1, 0.15) is 24.5 Å². The summed E-state index contributed by atoms with van der Waals surface area (Å²) in [6.45, 7) is 1.75. The third-order valence-electron chi connectivity index (χ3n) is 2.68. The molecular weight excluding hydrogens is 248 g/mol. The molecule has 0 fully saturated rings. The van der Waals surface area contributed by atoms with Crippen molar-refractivity contribution in [1.29, 1.82) is 0 Å². The zero-order valence-electron chi connectivity index (χ0n) is 11.1. The van der Waals surface area contributed by atoms with Crippen LogP contribution in [0.15, 0.2) is 24.3 Å². The molecule has 19 heavy (non-hydrogen) atoms. The highest BCUT2D eigenvalue weighted by atomic mass is 16.5. The predicted octanol–water partition coefficient (Wildman–Crippen LogP) is 1.42. The lowest BCUT2D eigenvalue weighted by molar-refractivity contribution is -0.153. The topological polar surface area (TPSA) is 72.8 Å². The normalized spacial score (nSPS) is 11.7. The van der Waals surface area contributed by atoms with Crippen LogP contribution in [0.25, 0.3) is 0 Å². The lowest BCUT2D eigenvalue weighted by atomic mass is 10.1. The number of methoxy groups -OCH3 is 1. The second-order valence-electron chi connectivity index (χ2n) is 4.26. The van der Waals surface area contributed by atoms with Gasteiger partial charge in [0.25, 0.3) is 0 Å². The van der Waals surface area contributed by atoms with Crippen molar-refractivity contribution >= 4 is 11.9 Å². The van der Waals surface area contributed by atoms with Gasteiger partial charge in [-0.2, -0.15) is 0 Å². The van der Waals surface area contributed by atoms with Crippen LogP contribution in [0.4, 0.5) is 0 Å². The van der Waals surface area contributed by atoms with Crippen LogP contribution in [0.2, 0.25) is 0 Å². The van der Waals surface area contributed by atoms with E-state index >= 15 is 0 Å². The van der Waals surface area contributed by atoms with Gasteiger partial charge in [0.05, 0.1) is 26.1 Å². The first kappa shape index (κ1) is 15.2. The Bertz CT molecular complexity index is 424. The number of hydrogen-bond acceptors (Lipinski definition) is 5. The minimum absolute atomic E-state index is 0.00139. The quantitative estimate of drug-likeness (QED) is 0.788.